The Morgan fingerprint density at radius 2 is 1.85 bits per heavy atom. The van der Waals surface area contributed by atoms with E-state index >= 15 is 0 Å². The highest BCUT2D eigenvalue weighted by Crippen LogP contribution is 2.46. The SMILES string of the molecule is CC1C=CC(c2nn(C3CC4CC3N(C(=O)OC(C)(C)C)C4)c3ncnc(N)c23)=CC1C(=O)Nc1ccccc1. The van der Waals surface area contributed by atoms with E-state index in [-0.39, 0.29) is 30.0 Å². The number of allylic oxidation sites excluding steroid dienone is 3. The van der Waals surface area contributed by atoms with Crippen molar-refractivity contribution in [2.45, 2.75) is 58.2 Å². The number of ether oxygens (including phenoxy) is 1. The number of anilines is 2. The van der Waals surface area contributed by atoms with Gasteiger partial charge in [-0.2, -0.15) is 5.10 Å². The van der Waals surface area contributed by atoms with Crippen molar-refractivity contribution in [3.8, 4) is 0 Å². The maximum absolute atomic E-state index is 13.3. The van der Waals surface area contributed by atoms with Crippen molar-refractivity contribution in [1.29, 1.82) is 0 Å². The molecular weight excluding hydrogens is 506 g/mol. The third-order valence-corrected chi connectivity index (χ3v) is 8.03. The van der Waals surface area contributed by atoms with Gasteiger partial charge in [0, 0.05) is 12.2 Å². The quantitative estimate of drug-likeness (QED) is 0.484. The first-order chi connectivity index (χ1) is 19.1. The number of nitrogens with one attached hydrogen (secondary N) is 1. The lowest BCUT2D eigenvalue weighted by Crippen LogP contribution is -2.45. The smallest absolute Gasteiger partial charge is 0.410 e. The highest BCUT2D eigenvalue weighted by molar-refractivity contribution is 6.00. The van der Waals surface area contributed by atoms with E-state index in [2.05, 4.69) is 15.3 Å². The van der Waals surface area contributed by atoms with Crippen molar-refractivity contribution in [3.63, 3.8) is 0 Å². The van der Waals surface area contributed by atoms with Gasteiger partial charge in [0.05, 0.1) is 23.4 Å². The molecule has 3 N–H and O–H groups in total. The normalized spacial score (nSPS) is 25.8. The van der Waals surface area contributed by atoms with Gasteiger partial charge >= 0.3 is 6.09 Å². The fraction of sp³-hybridized carbons (Fsp3) is 0.433. The maximum atomic E-state index is 13.3. The van der Waals surface area contributed by atoms with Gasteiger partial charge < -0.3 is 20.7 Å². The fourth-order valence-electron chi connectivity index (χ4n) is 6.21. The predicted octanol–water partition coefficient (Wildman–Crippen LogP) is 4.82. The Hall–Kier alpha value is -4.21. The minimum Gasteiger partial charge on any atom is -0.444 e. The number of likely N-dealkylation sites (tertiary alicyclic amines) is 1. The Morgan fingerprint density at radius 3 is 2.58 bits per heavy atom. The van der Waals surface area contributed by atoms with Crippen LogP contribution in [-0.4, -0.2) is 54.8 Å². The molecule has 3 aliphatic rings. The molecule has 5 unspecified atom stereocenters. The molecule has 2 fully saturated rings. The standard InChI is InChI=1S/C30H35N7O3/c1-17-10-11-19(14-21(17)28(38)34-20-8-6-5-7-9-20)25-24-26(31)32-16-33-27(24)37(35-25)23-13-18-12-22(23)36(15-18)29(39)40-30(2,3)4/h5-11,14,16-18,21-23H,12-13,15H2,1-4H3,(H,34,38)(H2,31,32,33). The van der Waals surface area contributed by atoms with Gasteiger partial charge in [-0.15, -0.1) is 0 Å². The monoisotopic (exact) mass is 541 g/mol. The van der Waals surface area contributed by atoms with Crippen molar-refractivity contribution in [2.24, 2.45) is 17.8 Å². The molecule has 3 aromatic rings. The van der Waals surface area contributed by atoms with Gasteiger partial charge in [-0.3, -0.25) is 4.79 Å². The molecular formula is C30H35N7O3. The zero-order valence-corrected chi connectivity index (χ0v) is 23.2. The number of benzene rings is 1. The lowest BCUT2D eigenvalue weighted by atomic mass is 9.85. The topological polar surface area (TPSA) is 128 Å². The molecule has 1 aliphatic heterocycles. The number of rotatable bonds is 4. The summed E-state index contributed by atoms with van der Waals surface area (Å²) in [6.45, 7) is 8.34. The number of piperidine rings is 1. The molecule has 1 saturated heterocycles. The second-order valence-corrected chi connectivity index (χ2v) is 12.1. The van der Waals surface area contributed by atoms with Crippen LogP contribution in [0.25, 0.3) is 16.6 Å². The number of para-hydroxylation sites is 1. The molecule has 2 aromatic heterocycles. The first-order valence-corrected chi connectivity index (χ1v) is 13.8. The van der Waals surface area contributed by atoms with Crippen molar-refractivity contribution in [2.75, 3.05) is 17.6 Å². The highest BCUT2D eigenvalue weighted by atomic mass is 16.6. The Morgan fingerprint density at radius 1 is 1.10 bits per heavy atom. The van der Waals surface area contributed by atoms with Crippen LogP contribution >= 0.6 is 0 Å². The van der Waals surface area contributed by atoms with Crippen molar-refractivity contribution in [1.82, 2.24) is 24.6 Å². The summed E-state index contributed by atoms with van der Waals surface area (Å²) in [4.78, 5) is 37.0. The van der Waals surface area contributed by atoms with Gasteiger partial charge in [0.15, 0.2) is 5.65 Å². The molecule has 6 rings (SSSR count). The lowest BCUT2D eigenvalue weighted by molar-refractivity contribution is -0.119. The van der Waals surface area contributed by atoms with Crippen LogP contribution in [0.4, 0.5) is 16.3 Å². The molecule has 2 bridgehead atoms. The molecule has 1 aromatic carbocycles. The van der Waals surface area contributed by atoms with Crippen LogP contribution in [0.15, 0.2) is 54.9 Å². The zero-order valence-electron chi connectivity index (χ0n) is 23.2. The summed E-state index contributed by atoms with van der Waals surface area (Å²) in [5.41, 5.74) is 8.65. The summed E-state index contributed by atoms with van der Waals surface area (Å²) >= 11 is 0. The molecule has 5 atom stereocenters. The van der Waals surface area contributed by atoms with Gasteiger partial charge in [0.2, 0.25) is 5.91 Å². The van der Waals surface area contributed by atoms with E-state index in [4.69, 9.17) is 15.6 Å². The van der Waals surface area contributed by atoms with E-state index in [0.717, 1.165) is 24.1 Å². The molecule has 2 aliphatic carbocycles. The second-order valence-electron chi connectivity index (χ2n) is 12.1. The minimum absolute atomic E-state index is 0.00219. The Labute approximate surface area is 233 Å². The van der Waals surface area contributed by atoms with Crippen LogP contribution in [0.1, 0.15) is 52.3 Å². The maximum Gasteiger partial charge on any atom is 0.410 e. The molecule has 40 heavy (non-hydrogen) atoms. The Bertz CT molecular complexity index is 1520. The van der Waals surface area contributed by atoms with E-state index < -0.39 is 11.5 Å². The first-order valence-electron chi connectivity index (χ1n) is 13.8. The molecule has 2 amide bonds. The zero-order chi connectivity index (χ0) is 28.2. The van der Waals surface area contributed by atoms with Crippen molar-refractivity contribution in [3.05, 3.63) is 60.6 Å². The van der Waals surface area contributed by atoms with Crippen molar-refractivity contribution >= 4 is 40.1 Å². The van der Waals surface area contributed by atoms with Gasteiger partial charge in [-0.1, -0.05) is 43.4 Å². The van der Waals surface area contributed by atoms with Gasteiger partial charge in [0.1, 0.15) is 23.4 Å². The van der Waals surface area contributed by atoms with Crippen LogP contribution in [0.3, 0.4) is 0 Å². The third-order valence-electron chi connectivity index (χ3n) is 8.03. The van der Waals surface area contributed by atoms with E-state index in [1.807, 2.05) is 85.8 Å². The number of hydrogen-bond acceptors (Lipinski definition) is 7. The number of aromatic nitrogens is 4. The Balaban J connectivity index is 1.35. The molecule has 1 saturated carbocycles. The number of carbonyl (C=O) groups is 2. The minimum atomic E-state index is -0.568. The third kappa shape index (κ3) is 4.71. The van der Waals surface area contributed by atoms with E-state index in [1.165, 1.54) is 6.33 Å². The molecule has 3 heterocycles. The average molecular weight is 542 g/mol. The summed E-state index contributed by atoms with van der Waals surface area (Å²) in [7, 11) is 0. The number of nitrogens with two attached hydrogens (primary N) is 1. The molecule has 0 radical (unpaired) electrons. The van der Waals surface area contributed by atoms with Gasteiger partial charge in [-0.25, -0.2) is 19.4 Å². The fourth-order valence-corrected chi connectivity index (χ4v) is 6.21. The molecule has 0 spiro atoms. The summed E-state index contributed by atoms with van der Waals surface area (Å²) in [6, 6.07) is 9.32. The summed E-state index contributed by atoms with van der Waals surface area (Å²) in [5.74, 6) is 0.218. The van der Waals surface area contributed by atoms with E-state index in [1.54, 1.807) is 0 Å². The number of carbonyl (C=O) groups excluding carboxylic acids is 2. The van der Waals surface area contributed by atoms with Gasteiger partial charge in [0.25, 0.3) is 0 Å². The Kier molecular flexibility index (Phi) is 6.35. The number of hydrogen-bond donors (Lipinski definition) is 2. The number of nitrogens with zero attached hydrogens (tertiary/aromatic N) is 5. The van der Waals surface area contributed by atoms with Crippen LogP contribution in [0, 0.1) is 17.8 Å². The van der Waals surface area contributed by atoms with Crippen LogP contribution in [0.5, 0.6) is 0 Å². The average Bonchev–Trinajstić information content (AvgIpc) is 3.62. The summed E-state index contributed by atoms with van der Waals surface area (Å²) in [6.07, 6.45) is 8.90. The largest absolute Gasteiger partial charge is 0.444 e. The van der Waals surface area contributed by atoms with Gasteiger partial charge in [-0.05, 0) is 63.2 Å². The van der Waals surface area contributed by atoms with Crippen molar-refractivity contribution < 1.29 is 14.3 Å². The molecule has 10 nitrogen and oxygen atoms in total. The predicted molar refractivity (Wildman–Crippen MR) is 153 cm³/mol. The second kappa shape index (κ2) is 9.76. The van der Waals surface area contributed by atoms with Crippen LogP contribution in [0.2, 0.25) is 0 Å². The molecule has 208 valence electrons. The highest BCUT2D eigenvalue weighted by Gasteiger charge is 2.50. The first kappa shape index (κ1) is 26.0. The van der Waals surface area contributed by atoms with Crippen LogP contribution in [-0.2, 0) is 9.53 Å². The van der Waals surface area contributed by atoms with E-state index in [0.29, 0.717) is 35.0 Å². The number of amides is 2. The number of nitrogen functional groups attached to an aromatic ring is 1. The number of fused-ring (bicyclic) bond motifs is 3. The van der Waals surface area contributed by atoms with E-state index in [9.17, 15) is 9.59 Å². The summed E-state index contributed by atoms with van der Waals surface area (Å²) in [5, 5.41) is 8.72. The van der Waals surface area contributed by atoms with Crippen LogP contribution < -0.4 is 11.1 Å². The summed E-state index contributed by atoms with van der Waals surface area (Å²) < 4.78 is 7.62. The lowest BCUT2D eigenvalue weighted by Gasteiger charge is -2.34. The molecule has 10 heteroatoms.